The van der Waals surface area contributed by atoms with Crippen molar-refractivity contribution in [3.63, 3.8) is 0 Å². The van der Waals surface area contributed by atoms with Gasteiger partial charge in [0.25, 0.3) is 5.91 Å². The Bertz CT molecular complexity index is 724. The summed E-state index contributed by atoms with van der Waals surface area (Å²) in [6, 6.07) is 7.48. The zero-order valence-corrected chi connectivity index (χ0v) is 13.4. The minimum absolute atomic E-state index is 0.0272. The molecule has 0 saturated carbocycles. The van der Waals surface area contributed by atoms with Crippen molar-refractivity contribution in [3.05, 3.63) is 51.5 Å². The first-order chi connectivity index (χ1) is 11.2. The van der Waals surface area contributed by atoms with Crippen molar-refractivity contribution in [3.8, 4) is 0 Å². The molecule has 1 aromatic carbocycles. The van der Waals surface area contributed by atoms with E-state index in [4.69, 9.17) is 4.74 Å². The largest absolute Gasteiger partial charge is 0.390 e. The SMILES string of the molecule is O=C(NC1c2ccccc2CC1O)c1cnc(C2CCCO2)s1. The fourth-order valence-electron chi connectivity index (χ4n) is 3.27. The lowest BCUT2D eigenvalue weighted by molar-refractivity contribution is 0.0862. The van der Waals surface area contributed by atoms with Gasteiger partial charge >= 0.3 is 0 Å². The van der Waals surface area contributed by atoms with Gasteiger partial charge in [0.05, 0.1) is 18.3 Å². The second-order valence-corrected chi connectivity index (χ2v) is 7.05. The third kappa shape index (κ3) is 2.78. The molecule has 2 aromatic rings. The number of carbonyl (C=O) groups excluding carboxylic acids is 1. The first-order valence-electron chi connectivity index (χ1n) is 7.86. The topological polar surface area (TPSA) is 71.5 Å². The maximum Gasteiger partial charge on any atom is 0.263 e. The number of hydrogen-bond donors (Lipinski definition) is 2. The van der Waals surface area contributed by atoms with Gasteiger partial charge in [0.15, 0.2) is 0 Å². The molecule has 4 rings (SSSR count). The van der Waals surface area contributed by atoms with Crippen LogP contribution in [0.2, 0.25) is 0 Å². The van der Waals surface area contributed by atoms with E-state index >= 15 is 0 Å². The number of rotatable bonds is 3. The van der Waals surface area contributed by atoms with E-state index in [0.29, 0.717) is 11.3 Å². The number of carbonyl (C=O) groups is 1. The molecule has 1 amide bonds. The molecule has 1 aliphatic heterocycles. The van der Waals surface area contributed by atoms with E-state index in [1.54, 1.807) is 6.20 Å². The van der Waals surface area contributed by atoms with Crippen molar-refractivity contribution >= 4 is 17.2 Å². The van der Waals surface area contributed by atoms with Gasteiger partial charge in [0.1, 0.15) is 16.0 Å². The molecule has 1 saturated heterocycles. The van der Waals surface area contributed by atoms with Crippen LogP contribution in [-0.2, 0) is 11.2 Å². The molecule has 1 aliphatic carbocycles. The number of ether oxygens (including phenoxy) is 1. The van der Waals surface area contributed by atoms with Crippen molar-refractivity contribution in [2.24, 2.45) is 0 Å². The third-order valence-electron chi connectivity index (χ3n) is 4.44. The lowest BCUT2D eigenvalue weighted by Crippen LogP contribution is -2.33. The highest BCUT2D eigenvalue weighted by molar-refractivity contribution is 7.13. The number of nitrogens with zero attached hydrogens (tertiary/aromatic N) is 1. The van der Waals surface area contributed by atoms with Crippen LogP contribution in [0.25, 0.3) is 0 Å². The molecule has 0 bridgehead atoms. The summed E-state index contributed by atoms with van der Waals surface area (Å²) in [5, 5.41) is 14.0. The smallest absolute Gasteiger partial charge is 0.263 e. The minimum atomic E-state index is -0.582. The van der Waals surface area contributed by atoms with Gasteiger partial charge in [-0.25, -0.2) is 4.98 Å². The molecule has 2 N–H and O–H groups in total. The fourth-order valence-corrected chi connectivity index (χ4v) is 4.18. The first-order valence-corrected chi connectivity index (χ1v) is 8.68. The lowest BCUT2D eigenvalue weighted by atomic mass is 10.1. The zero-order valence-electron chi connectivity index (χ0n) is 12.6. The average Bonchev–Trinajstić information content (AvgIpc) is 3.27. The second-order valence-electron chi connectivity index (χ2n) is 5.99. The van der Waals surface area contributed by atoms with Crippen molar-refractivity contribution in [2.75, 3.05) is 6.61 Å². The fraction of sp³-hybridized carbons (Fsp3) is 0.412. The number of amides is 1. The lowest BCUT2D eigenvalue weighted by Gasteiger charge is -2.17. The van der Waals surface area contributed by atoms with Gasteiger partial charge in [0, 0.05) is 13.0 Å². The highest BCUT2D eigenvalue weighted by atomic mass is 32.1. The molecule has 0 radical (unpaired) electrons. The molecular weight excluding hydrogens is 312 g/mol. The van der Waals surface area contributed by atoms with Crippen molar-refractivity contribution < 1.29 is 14.6 Å². The van der Waals surface area contributed by atoms with Gasteiger partial charge in [-0.05, 0) is 24.0 Å². The Morgan fingerprint density at radius 2 is 2.26 bits per heavy atom. The first kappa shape index (κ1) is 14.8. The number of aliphatic hydroxyl groups excluding tert-OH is 1. The number of thiazole rings is 1. The summed E-state index contributed by atoms with van der Waals surface area (Å²) in [6.07, 6.45) is 3.62. The molecule has 2 heterocycles. The van der Waals surface area contributed by atoms with E-state index in [2.05, 4.69) is 10.3 Å². The Kier molecular flexibility index (Phi) is 3.88. The molecule has 1 aromatic heterocycles. The van der Waals surface area contributed by atoms with E-state index in [9.17, 15) is 9.90 Å². The van der Waals surface area contributed by atoms with E-state index in [0.717, 1.165) is 35.6 Å². The number of aromatic nitrogens is 1. The average molecular weight is 330 g/mol. The van der Waals surface area contributed by atoms with Crippen LogP contribution in [0.5, 0.6) is 0 Å². The van der Waals surface area contributed by atoms with E-state index in [1.165, 1.54) is 11.3 Å². The Balaban J connectivity index is 1.50. The Morgan fingerprint density at radius 3 is 3.09 bits per heavy atom. The Morgan fingerprint density at radius 1 is 1.39 bits per heavy atom. The van der Waals surface area contributed by atoms with Crippen LogP contribution in [-0.4, -0.2) is 28.7 Å². The van der Waals surface area contributed by atoms with Gasteiger partial charge in [-0.3, -0.25) is 4.79 Å². The molecule has 2 aliphatic rings. The second kappa shape index (κ2) is 6.03. The van der Waals surface area contributed by atoms with Crippen LogP contribution in [0.3, 0.4) is 0 Å². The van der Waals surface area contributed by atoms with E-state index in [-0.39, 0.29) is 18.1 Å². The van der Waals surface area contributed by atoms with Gasteiger partial charge < -0.3 is 15.2 Å². The highest BCUT2D eigenvalue weighted by Gasteiger charge is 2.32. The monoisotopic (exact) mass is 330 g/mol. The van der Waals surface area contributed by atoms with Gasteiger partial charge in [-0.2, -0.15) is 0 Å². The van der Waals surface area contributed by atoms with Crippen LogP contribution in [0.1, 0.15) is 50.8 Å². The zero-order chi connectivity index (χ0) is 15.8. The van der Waals surface area contributed by atoms with E-state index < -0.39 is 6.10 Å². The summed E-state index contributed by atoms with van der Waals surface area (Å²) in [7, 11) is 0. The van der Waals surface area contributed by atoms with Gasteiger partial charge in [-0.1, -0.05) is 24.3 Å². The van der Waals surface area contributed by atoms with Crippen LogP contribution >= 0.6 is 11.3 Å². The van der Waals surface area contributed by atoms with Crippen LogP contribution in [0, 0.1) is 0 Å². The Labute approximate surface area is 138 Å². The third-order valence-corrected chi connectivity index (χ3v) is 5.53. The number of nitrogens with one attached hydrogen (secondary N) is 1. The highest BCUT2D eigenvalue weighted by Crippen LogP contribution is 2.33. The number of benzene rings is 1. The van der Waals surface area contributed by atoms with Crippen molar-refractivity contribution in [1.29, 1.82) is 0 Å². The standard InChI is InChI=1S/C17H18N2O3S/c20-12-8-10-4-1-2-5-11(10)15(12)19-16(21)14-9-18-17(23-14)13-6-3-7-22-13/h1-2,4-5,9,12-13,15,20H,3,6-8H2,(H,19,21). The predicted octanol–water partition coefficient (Wildman–Crippen LogP) is 2.38. The normalized spacial score (nSPS) is 26.2. The minimum Gasteiger partial charge on any atom is -0.390 e. The van der Waals surface area contributed by atoms with Crippen molar-refractivity contribution in [2.45, 2.75) is 37.5 Å². The summed E-state index contributed by atoms with van der Waals surface area (Å²) in [5.41, 5.74) is 2.09. The summed E-state index contributed by atoms with van der Waals surface area (Å²) in [5.74, 6) is -0.188. The molecule has 3 atom stereocenters. The van der Waals surface area contributed by atoms with E-state index in [1.807, 2.05) is 24.3 Å². The van der Waals surface area contributed by atoms with Crippen LogP contribution < -0.4 is 5.32 Å². The molecular formula is C17H18N2O3S. The molecule has 23 heavy (non-hydrogen) atoms. The molecule has 0 spiro atoms. The van der Waals surface area contributed by atoms with Gasteiger partial charge in [0.2, 0.25) is 0 Å². The van der Waals surface area contributed by atoms with Crippen LogP contribution in [0.4, 0.5) is 0 Å². The summed E-state index contributed by atoms with van der Waals surface area (Å²) in [6.45, 7) is 0.761. The summed E-state index contributed by atoms with van der Waals surface area (Å²) < 4.78 is 5.61. The molecule has 120 valence electrons. The number of aliphatic hydroxyl groups is 1. The number of hydrogen-bond acceptors (Lipinski definition) is 5. The summed E-state index contributed by atoms with van der Waals surface area (Å²) >= 11 is 1.37. The summed E-state index contributed by atoms with van der Waals surface area (Å²) in [4.78, 5) is 17.4. The molecule has 1 fully saturated rings. The number of fused-ring (bicyclic) bond motifs is 1. The maximum atomic E-state index is 12.5. The predicted molar refractivity (Wildman–Crippen MR) is 86.4 cm³/mol. The van der Waals surface area contributed by atoms with Crippen LogP contribution in [0.15, 0.2) is 30.5 Å². The Hall–Kier alpha value is -1.76. The molecule has 6 heteroatoms. The molecule has 3 unspecified atom stereocenters. The molecule has 5 nitrogen and oxygen atoms in total. The quantitative estimate of drug-likeness (QED) is 0.906. The maximum absolute atomic E-state index is 12.5. The van der Waals surface area contributed by atoms with Gasteiger partial charge in [-0.15, -0.1) is 11.3 Å². The van der Waals surface area contributed by atoms with Crippen molar-refractivity contribution in [1.82, 2.24) is 10.3 Å².